The number of hydrogen-bond donors (Lipinski definition) is 1. The summed E-state index contributed by atoms with van der Waals surface area (Å²) in [5, 5.41) is 3.10. The van der Waals surface area contributed by atoms with Gasteiger partial charge in [0.1, 0.15) is 0 Å². The van der Waals surface area contributed by atoms with Crippen LogP contribution in [0.15, 0.2) is 29.2 Å². The molecule has 152 valence electrons. The molecule has 0 unspecified atom stereocenters. The second-order valence-electron chi connectivity index (χ2n) is 8.47. The Kier molecular flexibility index (Phi) is 7.09. The number of benzene rings is 1. The van der Waals surface area contributed by atoms with Gasteiger partial charge in [-0.3, -0.25) is 4.79 Å². The summed E-state index contributed by atoms with van der Waals surface area (Å²) in [5.74, 6) is 0.146. The average Bonchev–Trinajstić information content (AvgIpc) is 2.62. The molecule has 1 N–H and O–H groups in total. The lowest BCUT2D eigenvalue weighted by Crippen LogP contribution is -2.47. The Labute approximate surface area is 164 Å². The number of rotatable bonds is 6. The topological polar surface area (TPSA) is 66.5 Å². The Balaban J connectivity index is 1.99. The van der Waals surface area contributed by atoms with Gasteiger partial charge in [-0.25, -0.2) is 8.42 Å². The van der Waals surface area contributed by atoms with Crippen LogP contribution in [0.3, 0.4) is 0 Å². The second-order valence-corrected chi connectivity index (χ2v) is 10.4. The molecule has 5 nitrogen and oxygen atoms in total. The van der Waals surface area contributed by atoms with E-state index in [4.69, 9.17) is 0 Å². The lowest BCUT2D eigenvalue weighted by Gasteiger charge is -2.32. The molecular formula is C21H34N2O3S. The largest absolute Gasteiger partial charge is 0.353 e. The van der Waals surface area contributed by atoms with Crippen molar-refractivity contribution in [3.05, 3.63) is 29.8 Å². The Hall–Kier alpha value is -1.40. The predicted octanol–water partition coefficient (Wildman–Crippen LogP) is 3.69. The summed E-state index contributed by atoms with van der Waals surface area (Å²) in [6.45, 7) is 11.3. The maximum absolute atomic E-state index is 12.9. The van der Waals surface area contributed by atoms with Crippen molar-refractivity contribution in [3.8, 4) is 0 Å². The van der Waals surface area contributed by atoms with Crippen LogP contribution in [-0.2, 0) is 20.2 Å². The van der Waals surface area contributed by atoms with Gasteiger partial charge in [0.05, 0.1) is 4.90 Å². The molecule has 1 saturated heterocycles. The first-order chi connectivity index (χ1) is 12.6. The van der Waals surface area contributed by atoms with Crippen molar-refractivity contribution in [1.82, 2.24) is 9.62 Å². The highest BCUT2D eigenvalue weighted by Crippen LogP contribution is 2.26. The summed E-state index contributed by atoms with van der Waals surface area (Å²) in [5.41, 5.74) is 1.11. The van der Waals surface area contributed by atoms with Gasteiger partial charge in [0.2, 0.25) is 15.9 Å². The highest BCUT2D eigenvalue weighted by Gasteiger charge is 2.30. The fraction of sp³-hybridized carbons (Fsp3) is 0.667. The summed E-state index contributed by atoms with van der Waals surface area (Å²) in [6.07, 6.45) is 2.98. The first-order valence-electron chi connectivity index (χ1n) is 10.0. The molecule has 1 aliphatic heterocycles. The molecule has 0 saturated carbocycles. The summed E-state index contributed by atoms with van der Waals surface area (Å²) in [4.78, 5) is 12.6. The third-order valence-corrected chi connectivity index (χ3v) is 7.43. The van der Waals surface area contributed by atoms with E-state index >= 15 is 0 Å². The van der Waals surface area contributed by atoms with E-state index in [-0.39, 0.29) is 23.3 Å². The van der Waals surface area contributed by atoms with Crippen molar-refractivity contribution in [1.29, 1.82) is 0 Å². The van der Waals surface area contributed by atoms with E-state index < -0.39 is 10.0 Å². The van der Waals surface area contributed by atoms with Crippen LogP contribution in [0.2, 0.25) is 0 Å². The minimum absolute atomic E-state index is 0.00627. The minimum atomic E-state index is -3.48. The number of hydrogen-bond acceptors (Lipinski definition) is 3. The molecule has 1 amide bonds. The van der Waals surface area contributed by atoms with E-state index in [0.29, 0.717) is 30.8 Å². The van der Waals surface area contributed by atoms with Crippen LogP contribution in [0, 0.1) is 5.92 Å². The Morgan fingerprint density at radius 2 is 1.63 bits per heavy atom. The number of piperidine rings is 1. The van der Waals surface area contributed by atoms with Gasteiger partial charge >= 0.3 is 0 Å². The smallest absolute Gasteiger partial charge is 0.243 e. The summed E-state index contributed by atoms with van der Waals surface area (Å²) >= 11 is 0. The Morgan fingerprint density at radius 1 is 1.11 bits per heavy atom. The number of sulfonamides is 1. The molecule has 27 heavy (non-hydrogen) atoms. The maximum Gasteiger partial charge on any atom is 0.243 e. The second kappa shape index (κ2) is 8.74. The van der Waals surface area contributed by atoms with E-state index in [2.05, 4.69) is 26.1 Å². The number of carbonyl (C=O) groups excluding carboxylic acids is 1. The SMILES string of the molecule is CCC(CC)C(=O)NC1CCN(S(=O)(=O)c2ccc(C(C)(C)C)cc2)CC1. The fourth-order valence-corrected chi connectivity index (χ4v) is 4.96. The first-order valence-corrected chi connectivity index (χ1v) is 11.4. The van der Waals surface area contributed by atoms with Crippen LogP contribution in [0.4, 0.5) is 0 Å². The average molecular weight is 395 g/mol. The summed E-state index contributed by atoms with van der Waals surface area (Å²) < 4.78 is 27.4. The predicted molar refractivity (Wildman–Crippen MR) is 109 cm³/mol. The van der Waals surface area contributed by atoms with Gasteiger partial charge in [-0.2, -0.15) is 4.31 Å². The highest BCUT2D eigenvalue weighted by molar-refractivity contribution is 7.89. The zero-order valence-corrected chi connectivity index (χ0v) is 18.1. The van der Waals surface area contributed by atoms with Crippen LogP contribution < -0.4 is 5.32 Å². The molecule has 1 aromatic rings. The summed E-state index contributed by atoms with van der Waals surface area (Å²) in [6, 6.07) is 7.27. The van der Waals surface area contributed by atoms with E-state index in [1.54, 1.807) is 16.4 Å². The molecule has 0 bridgehead atoms. The van der Waals surface area contributed by atoms with Crippen LogP contribution in [0.1, 0.15) is 65.9 Å². The minimum Gasteiger partial charge on any atom is -0.353 e. The van der Waals surface area contributed by atoms with Gasteiger partial charge in [0.15, 0.2) is 0 Å². The Morgan fingerprint density at radius 3 is 2.07 bits per heavy atom. The first kappa shape index (κ1) is 21.9. The molecule has 1 aliphatic rings. The quantitative estimate of drug-likeness (QED) is 0.800. The number of nitrogens with one attached hydrogen (secondary N) is 1. The van der Waals surface area contributed by atoms with Gasteiger partial charge in [0, 0.05) is 25.0 Å². The van der Waals surface area contributed by atoms with E-state index in [0.717, 1.165) is 18.4 Å². The van der Waals surface area contributed by atoms with Gasteiger partial charge < -0.3 is 5.32 Å². The molecular weight excluding hydrogens is 360 g/mol. The van der Waals surface area contributed by atoms with Crippen molar-refractivity contribution in [2.24, 2.45) is 5.92 Å². The maximum atomic E-state index is 12.9. The van der Waals surface area contributed by atoms with E-state index in [9.17, 15) is 13.2 Å². The molecule has 0 radical (unpaired) electrons. The van der Waals surface area contributed by atoms with Crippen molar-refractivity contribution in [3.63, 3.8) is 0 Å². The van der Waals surface area contributed by atoms with Crippen LogP contribution >= 0.6 is 0 Å². The van der Waals surface area contributed by atoms with Crippen molar-refractivity contribution in [2.45, 2.75) is 76.7 Å². The van der Waals surface area contributed by atoms with Gasteiger partial charge in [-0.05, 0) is 48.8 Å². The lowest BCUT2D eigenvalue weighted by atomic mass is 9.87. The normalized spacial score (nSPS) is 17.3. The fourth-order valence-electron chi connectivity index (χ4n) is 3.49. The van der Waals surface area contributed by atoms with Gasteiger partial charge in [-0.1, -0.05) is 46.8 Å². The lowest BCUT2D eigenvalue weighted by molar-refractivity contribution is -0.126. The monoisotopic (exact) mass is 394 g/mol. The highest BCUT2D eigenvalue weighted by atomic mass is 32.2. The van der Waals surface area contributed by atoms with Crippen molar-refractivity contribution < 1.29 is 13.2 Å². The van der Waals surface area contributed by atoms with Crippen LogP contribution in [0.5, 0.6) is 0 Å². The van der Waals surface area contributed by atoms with E-state index in [1.165, 1.54) is 0 Å². The molecule has 2 rings (SSSR count). The van der Waals surface area contributed by atoms with Crippen LogP contribution in [0.25, 0.3) is 0 Å². The molecule has 1 aromatic carbocycles. The number of amides is 1. The third-order valence-electron chi connectivity index (χ3n) is 5.51. The third kappa shape index (κ3) is 5.32. The molecule has 0 spiro atoms. The van der Waals surface area contributed by atoms with E-state index in [1.807, 2.05) is 26.0 Å². The summed E-state index contributed by atoms with van der Waals surface area (Å²) in [7, 11) is -3.48. The molecule has 1 heterocycles. The number of carbonyl (C=O) groups is 1. The van der Waals surface area contributed by atoms with Crippen molar-refractivity contribution in [2.75, 3.05) is 13.1 Å². The molecule has 0 aliphatic carbocycles. The standard InChI is InChI=1S/C21H34N2O3S/c1-6-16(7-2)20(24)22-18-12-14-23(15-13-18)27(25,26)19-10-8-17(9-11-19)21(3,4)5/h8-11,16,18H,6-7,12-15H2,1-5H3,(H,22,24). The van der Waals surface area contributed by atoms with Gasteiger partial charge in [-0.15, -0.1) is 0 Å². The molecule has 0 aromatic heterocycles. The zero-order valence-electron chi connectivity index (χ0n) is 17.3. The number of nitrogens with zero attached hydrogens (tertiary/aromatic N) is 1. The van der Waals surface area contributed by atoms with Crippen LogP contribution in [-0.4, -0.2) is 37.8 Å². The molecule has 0 atom stereocenters. The zero-order chi connectivity index (χ0) is 20.2. The Bertz CT molecular complexity index is 724. The van der Waals surface area contributed by atoms with Crippen molar-refractivity contribution >= 4 is 15.9 Å². The molecule has 1 fully saturated rings. The van der Waals surface area contributed by atoms with Gasteiger partial charge in [0.25, 0.3) is 0 Å². The molecule has 6 heteroatoms.